The zero-order chi connectivity index (χ0) is 17.8. The summed E-state index contributed by atoms with van der Waals surface area (Å²) in [5.74, 6) is 0.449. The Bertz CT molecular complexity index is 770. The molecular weight excluding hydrogens is 318 g/mol. The third kappa shape index (κ3) is 3.65. The van der Waals surface area contributed by atoms with Crippen LogP contribution in [0.1, 0.15) is 43.1 Å². The molecule has 3 amide bonds. The number of benzene rings is 1. The minimum absolute atomic E-state index is 0.126. The first-order valence-electron chi connectivity index (χ1n) is 8.60. The molecule has 1 aliphatic heterocycles. The van der Waals surface area contributed by atoms with Gasteiger partial charge in [0, 0.05) is 30.4 Å². The minimum Gasteiger partial charge on any atom is -0.338 e. The summed E-state index contributed by atoms with van der Waals surface area (Å²) in [6.45, 7) is 5.47. The van der Waals surface area contributed by atoms with Crippen LogP contribution >= 0.6 is 0 Å². The van der Waals surface area contributed by atoms with Gasteiger partial charge in [0.1, 0.15) is 5.82 Å². The van der Waals surface area contributed by atoms with Gasteiger partial charge >= 0.3 is 6.03 Å². The second-order valence-corrected chi connectivity index (χ2v) is 6.16. The molecule has 0 spiro atoms. The van der Waals surface area contributed by atoms with Gasteiger partial charge in [0.05, 0.1) is 12.2 Å². The molecule has 0 radical (unpaired) electrons. The van der Waals surface area contributed by atoms with Crippen molar-refractivity contribution in [2.24, 2.45) is 0 Å². The molecule has 7 nitrogen and oxygen atoms in total. The quantitative estimate of drug-likeness (QED) is 0.877. The first-order valence-corrected chi connectivity index (χ1v) is 8.60. The number of carbonyl (C=O) groups is 2. The van der Waals surface area contributed by atoms with Gasteiger partial charge in [-0.3, -0.25) is 9.69 Å². The lowest BCUT2D eigenvalue weighted by Gasteiger charge is -2.27. The summed E-state index contributed by atoms with van der Waals surface area (Å²) in [6.07, 6.45) is 3.48. The largest absolute Gasteiger partial charge is 0.338 e. The number of anilines is 2. The van der Waals surface area contributed by atoms with Crippen LogP contribution in [-0.4, -0.2) is 34.8 Å². The first-order chi connectivity index (χ1) is 12.1. The van der Waals surface area contributed by atoms with Crippen molar-refractivity contribution < 1.29 is 9.59 Å². The molecule has 25 heavy (non-hydrogen) atoms. The highest BCUT2D eigenvalue weighted by molar-refractivity contribution is 6.05. The molecule has 7 heteroatoms. The molecule has 1 aliphatic rings. The minimum atomic E-state index is -0.218. The van der Waals surface area contributed by atoms with E-state index in [4.69, 9.17) is 0 Å². The average molecular weight is 341 g/mol. The molecule has 2 heterocycles. The van der Waals surface area contributed by atoms with Crippen molar-refractivity contribution in [2.75, 3.05) is 23.3 Å². The van der Waals surface area contributed by atoms with Gasteiger partial charge in [-0.25, -0.2) is 9.48 Å². The number of urea groups is 1. The molecule has 2 aromatic rings. The summed E-state index contributed by atoms with van der Waals surface area (Å²) >= 11 is 0. The van der Waals surface area contributed by atoms with Crippen molar-refractivity contribution in [1.82, 2.24) is 15.1 Å². The van der Waals surface area contributed by atoms with Gasteiger partial charge in [-0.15, -0.1) is 0 Å². The van der Waals surface area contributed by atoms with Crippen molar-refractivity contribution >= 4 is 23.4 Å². The number of hydrogen-bond donors (Lipinski definition) is 2. The molecule has 0 aliphatic carbocycles. The second kappa shape index (κ2) is 7.38. The third-order valence-electron chi connectivity index (χ3n) is 4.42. The second-order valence-electron chi connectivity index (χ2n) is 6.16. The Morgan fingerprint density at radius 1 is 1.40 bits per heavy atom. The van der Waals surface area contributed by atoms with Gasteiger partial charge in [0.2, 0.25) is 0 Å². The highest BCUT2D eigenvalue weighted by Gasteiger charge is 2.20. The molecule has 132 valence electrons. The topological polar surface area (TPSA) is 79.3 Å². The van der Waals surface area contributed by atoms with Crippen molar-refractivity contribution in [2.45, 2.75) is 32.7 Å². The molecule has 1 aromatic carbocycles. The summed E-state index contributed by atoms with van der Waals surface area (Å²) in [6, 6.07) is 8.97. The van der Waals surface area contributed by atoms with Gasteiger partial charge in [-0.2, -0.15) is 5.10 Å². The van der Waals surface area contributed by atoms with Crippen LogP contribution in [0.5, 0.6) is 0 Å². The Kier molecular flexibility index (Phi) is 5.02. The number of carbonyl (C=O) groups excluding carboxylic acids is 2. The lowest BCUT2D eigenvalue weighted by molar-refractivity contribution is 0.102. The number of hydrogen-bond acceptors (Lipinski definition) is 3. The number of nitrogens with zero attached hydrogens (tertiary/aromatic N) is 3. The molecule has 0 bridgehead atoms. The molecule has 3 rings (SSSR count). The Hall–Kier alpha value is -2.83. The van der Waals surface area contributed by atoms with Crippen LogP contribution in [0, 0.1) is 0 Å². The highest BCUT2D eigenvalue weighted by Crippen LogP contribution is 2.21. The maximum absolute atomic E-state index is 12.6. The van der Waals surface area contributed by atoms with Crippen molar-refractivity contribution in [3.05, 3.63) is 42.1 Å². The van der Waals surface area contributed by atoms with Crippen LogP contribution in [0.25, 0.3) is 0 Å². The van der Waals surface area contributed by atoms with E-state index < -0.39 is 0 Å². The fraction of sp³-hybridized carbons (Fsp3) is 0.389. The SMILES string of the molecule is CC[C@@H](C)n1nccc1NC(=O)c1cccc(N2CCCNC2=O)c1. The summed E-state index contributed by atoms with van der Waals surface area (Å²) in [5.41, 5.74) is 1.23. The molecule has 1 fully saturated rings. The Morgan fingerprint density at radius 2 is 2.24 bits per heavy atom. The van der Waals surface area contributed by atoms with Crippen LogP contribution in [0.4, 0.5) is 16.3 Å². The van der Waals surface area contributed by atoms with Crippen molar-refractivity contribution in [1.29, 1.82) is 0 Å². The van der Waals surface area contributed by atoms with E-state index in [0.29, 0.717) is 24.5 Å². The predicted octanol–water partition coefficient (Wildman–Crippen LogP) is 3.03. The Morgan fingerprint density at radius 3 is 3.00 bits per heavy atom. The van der Waals surface area contributed by atoms with Gasteiger partial charge in [-0.1, -0.05) is 13.0 Å². The molecular formula is C18H23N5O2. The van der Waals surface area contributed by atoms with E-state index in [2.05, 4.69) is 29.6 Å². The Labute approximate surface area is 147 Å². The van der Waals surface area contributed by atoms with Gasteiger partial charge in [0.25, 0.3) is 5.91 Å². The maximum Gasteiger partial charge on any atom is 0.321 e. The highest BCUT2D eigenvalue weighted by atomic mass is 16.2. The van der Waals surface area contributed by atoms with Crippen molar-refractivity contribution in [3.63, 3.8) is 0 Å². The molecule has 1 aromatic heterocycles. The fourth-order valence-corrected chi connectivity index (χ4v) is 2.82. The van der Waals surface area contributed by atoms with E-state index in [-0.39, 0.29) is 18.0 Å². The summed E-state index contributed by atoms with van der Waals surface area (Å²) in [7, 11) is 0. The summed E-state index contributed by atoms with van der Waals surface area (Å²) in [4.78, 5) is 26.3. The number of nitrogens with one attached hydrogen (secondary N) is 2. The van der Waals surface area contributed by atoms with E-state index in [0.717, 1.165) is 18.5 Å². The lowest BCUT2D eigenvalue weighted by atomic mass is 10.1. The van der Waals surface area contributed by atoms with Crippen molar-refractivity contribution in [3.8, 4) is 0 Å². The molecule has 1 saturated heterocycles. The average Bonchev–Trinajstić information content (AvgIpc) is 3.09. The summed E-state index contributed by atoms with van der Waals surface area (Å²) < 4.78 is 1.81. The third-order valence-corrected chi connectivity index (χ3v) is 4.42. The first kappa shape index (κ1) is 17.0. The smallest absolute Gasteiger partial charge is 0.321 e. The zero-order valence-corrected chi connectivity index (χ0v) is 14.5. The standard InChI is InChI=1S/C18H23N5O2/c1-3-13(2)23-16(8-10-20-23)21-17(24)14-6-4-7-15(12-14)22-11-5-9-19-18(22)25/h4,6-8,10,12-13H,3,5,9,11H2,1-2H3,(H,19,25)(H,21,24)/t13-/m1/s1. The molecule has 1 atom stereocenters. The van der Waals surface area contributed by atoms with E-state index in [1.807, 2.05) is 6.07 Å². The van der Waals surface area contributed by atoms with E-state index in [9.17, 15) is 9.59 Å². The van der Waals surface area contributed by atoms with E-state index >= 15 is 0 Å². The Balaban J connectivity index is 1.78. The van der Waals surface area contributed by atoms with E-state index in [1.54, 1.807) is 40.0 Å². The van der Waals surface area contributed by atoms with Crippen LogP contribution in [0.2, 0.25) is 0 Å². The van der Waals surface area contributed by atoms with Crippen LogP contribution in [0.3, 0.4) is 0 Å². The number of rotatable bonds is 5. The number of amides is 3. The zero-order valence-electron chi connectivity index (χ0n) is 14.5. The van der Waals surface area contributed by atoms with Gasteiger partial charge in [-0.05, 0) is 38.0 Å². The predicted molar refractivity (Wildman–Crippen MR) is 97.0 cm³/mol. The molecule has 0 unspecified atom stereocenters. The monoisotopic (exact) mass is 341 g/mol. The normalized spacial score (nSPS) is 15.6. The lowest BCUT2D eigenvalue weighted by Crippen LogP contribution is -2.46. The van der Waals surface area contributed by atoms with Crippen LogP contribution < -0.4 is 15.5 Å². The van der Waals surface area contributed by atoms with Gasteiger partial charge < -0.3 is 10.6 Å². The molecule has 2 N–H and O–H groups in total. The van der Waals surface area contributed by atoms with Crippen LogP contribution in [-0.2, 0) is 0 Å². The van der Waals surface area contributed by atoms with Gasteiger partial charge in [0.15, 0.2) is 0 Å². The maximum atomic E-state index is 12.6. The van der Waals surface area contributed by atoms with Crippen LogP contribution in [0.15, 0.2) is 36.5 Å². The fourth-order valence-electron chi connectivity index (χ4n) is 2.82. The summed E-state index contributed by atoms with van der Waals surface area (Å²) in [5, 5.41) is 10.00. The number of aromatic nitrogens is 2. The molecule has 0 saturated carbocycles. The van der Waals surface area contributed by atoms with E-state index in [1.165, 1.54) is 0 Å².